The number of carbonyl (C=O) groups is 1. The maximum Gasteiger partial charge on any atom is 0.431 e. The van der Waals surface area contributed by atoms with Crippen LogP contribution < -0.4 is 16.6 Å². The van der Waals surface area contributed by atoms with Crippen LogP contribution >= 0.6 is 0 Å². The molecular formula is C9H10F3N3O2. The topological polar surface area (TPSA) is 77.1 Å². The predicted molar refractivity (Wildman–Crippen MR) is 54.2 cm³/mol. The van der Waals surface area contributed by atoms with Gasteiger partial charge in [-0.1, -0.05) is 0 Å². The van der Waals surface area contributed by atoms with E-state index >= 15 is 0 Å². The van der Waals surface area contributed by atoms with Crippen LogP contribution in [0.25, 0.3) is 0 Å². The second-order valence-electron chi connectivity index (χ2n) is 3.24. The first-order valence-corrected chi connectivity index (χ1v) is 4.54. The number of aromatic nitrogens is 1. The number of hydrogen-bond donors (Lipinski definition) is 2. The average Bonchev–Trinajstić information content (AvgIpc) is 2.22. The Morgan fingerprint density at radius 1 is 1.47 bits per heavy atom. The van der Waals surface area contributed by atoms with Crippen LogP contribution in [-0.2, 0) is 17.5 Å². The molecule has 1 aromatic heterocycles. The molecule has 0 spiro atoms. The van der Waals surface area contributed by atoms with Crippen molar-refractivity contribution in [1.29, 1.82) is 0 Å². The molecule has 0 aromatic carbocycles. The molecule has 0 aliphatic carbocycles. The van der Waals surface area contributed by atoms with E-state index in [0.717, 1.165) is 6.07 Å². The van der Waals surface area contributed by atoms with E-state index in [1.165, 1.54) is 7.05 Å². The molecule has 1 amide bonds. The number of nitrogens with zero attached hydrogens (tertiary/aromatic N) is 1. The Morgan fingerprint density at radius 2 is 2.06 bits per heavy atom. The van der Waals surface area contributed by atoms with Gasteiger partial charge in [-0.25, -0.2) is 0 Å². The van der Waals surface area contributed by atoms with Gasteiger partial charge >= 0.3 is 6.18 Å². The summed E-state index contributed by atoms with van der Waals surface area (Å²) < 4.78 is 38.0. The molecular weight excluding hydrogens is 239 g/mol. The second-order valence-corrected chi connectivity index (χ2v) is 3.24. The molecule has 0 unspecified atom stereocenters. The van der Waals surface area contributed by atoms with Gasteiger partial charge in [0.15, 0.2) is 0 Å². The number of nitrogen functional groups attached to an aromatic ring is 1. The number of halogens is 3. The van der Waals surface area contributed by atoms with Crippen LogP contribution in [0.1, 0.15) is 5.69 Å². The summed E-state index contributed by atoms with van der Waals surface area (Å²) in [6.45, 7) is -0.727. The summed E-state index contributed by atoms with van der Waals surface area (Å²) in [4.78, 5) is 22.5. The minimum atomic E-state index is -4.72. The van der Waals surface area contributed by atoms with Crippen LogP contribution in [0.5, 0.6) is 0 Å². The molecule has 1 aromatic rings. The van der Waals surface area contributed by atoms with Crippen molar-refractivity contribution < 1.29 is 18.0 Å². The lowest BCUT2D eigenvalue weighted by Crippen LogP contribution is -2.35. The number of pyridine rings is 1. The summed E-state index contributed by atoms with van der Waals surface area (Å²) in [5, 5.41) is 2.13. The Bertz CT molecular complexity index is 493. The van der Waals surface area contributed by atoms with Crippen LogP contribution in [0.15, 0.2) is 16.9 Å². The Hall–Kier alpha value is -1.99. The lowest BCUT2D eigenvalue weighted by Gasteiger charge is -2.14. The number of alkyl halides is 3. The van der Waals surface area contributed by atoms with Crippen molar-refractivity contribution in [3.8, 4) is 0 Å². The fraction of sp³-hybridized carbons (Fsp3) is 0.333. The van der Waals surface area contributed by atoms with E-state index in [2.05, 4.69) is 5.32 Å². The highest BCUT2D eigenvalue weighted by Gasteiger charge is 2.35. The number of amides is 1. The highest BCUT2D eigenvalue weighted by molar-refractivity contribution is 5.75. The first kappa shape index (κ1) is 13.1. The van der Waals surface area contributed by atoms with Gasteiger partial charge in [-0.05, 0) is 12.1 Å². The third-order valence-electron chi connectivity index (χ3n) is 2.07. The minimum absolute atomic E-state index is 0.300. The number of nitrogens with two attached hydrogens (primary N) is 1. The highest BCUT2D eigenvalue weighted by Crippen LogP contribution is 2.28. The van der Waals surface area contributed by atoms with Gasteiger partial charge in [0, 0.05) is 7.05 Å². The maximum atomic E-state index is 12.6. The van der Waals surface area contributed by atoms with E-state index < -0.39 is 29.9 Å². The molecule has 0 atom stereocenters. The van der Waals surface area contributed by atoms with Crippen LogP contribution in [-0.4, -0.2) is 17.5 Å². The molecule has 3 N–H and O–H groups in total. The Balaban J connectivity index is 3.37. The molecule has 0 aliphatic rings. The lowest BCUT2D eigenvalue weighted by atomic mass is 10.3. The Morgan fingerprint density at radius 3 is 2.53 bits per heavy atom. The van der Waals surface area contributed by atoms with E-state index in [1.54, 1.807) is 0 Å². The van der Waals surface area contributed by atoms with Crippen LogP contribution in [0.4, 0.5) is 18.9 Å². The third kappa shape index (κ3) is 2.77. The van der Waals surface area contributed by atoms with Gasteiger partial charge < -0.3 is 11.1 Å². The van der Waals surface area contributed by atoms with Gasteiger partial charge in [-0.2, -0.15) is 13.2 Å². The second kappa shape index (κ2) is 4.48. The van der Waals surface area contributed by atoms with Gasteiger partial charge in [0.2, 0.25) is 5.91 Å². The van der Waals surface area contributed by atoms with Crippen molar-refractivity contribution >= 4 is 11.6 Å². The van der Waals surface area contributed by atoms with Gasteiger partial charge in [0.1, 0.15) is 12.2 Å². The summed E-state index contributed by atoms with van der Waals surface area (Å²) in [7, 11) is 1.26. The number of carbonyl (C=O) groups excluding carboxylic acids is 1. The molecule has 8 heteroatoms. The Labute approximate surface area is 94.0 Å². The highest BCUT2D eigenvalue weighted by atomic mass is 19.4. The molecule has 0 bridgehead atoms. The van der Waals surface area contributed by atoms with Crippen molar-refractivity contribution in [3.05, 3.63) is 28.2 Å². The molecule has 0 fully saturated rings. The van der Waals surface area contributed by atoms with Crippen molar-refractivity contribution in [2.45, 2.75) is 12.7 Å². The number of hydrogen-bond acceptors (Lipinski definition) is 3. The third-order valence-corrected chi connectivity index (χ3v) is 2.07. The quantitative estimate of drug-likeness (QED) is 0.785. The first-order valence-electron chi connectivity index (χ1n) is 4.54. The molecule has 0 saturated heterocycles. The van der Waals surface area contributed by atoms with Gasteiger partial charge in [-0.3, -0.25) is 14.2 Å². The van der Waals surface area contributed by atoms with E-state index in [0.29, 0.717) is 10.6 Å². The fourth-order valence-corrected chi connectivity index (χ4v) is 1.22. The number of nitrogens with one attached hydrogen (secondary N) is 1. The van der Waals surface area contributed by atoms with E-state index in [4.69, 9.17) is 5.73 Å². The molecule has 0 saturated carbocycles. The standard InChI is InChI=1S/C9H10F3N3O2/c1-14-7(16)4-15-6(9(10,11)12)3-2-5(13)8(15)17/h2-3H,4,13H2,1H3,(H,14,16). The number of likely N-dealkylation sites (N-methyl/N-ethyl adjacent to an activating group) is 1. The average molecular weight is 249 g/mol. The van der Waals surface area contributed by atoms with Crippen molar-refractivity contribution in [3.63, 3.8) is 0 Å². The summed E-state index contributed by atoms with van der Waals surface area (Å²) in [5.41, 5.74) is 2.63. The summed E-state index contributed by atoms with van der Waals surface area (Å²) in [6, 6.07) is 1.53. The van der Waals surface area contributed by atoms with Gasteiger partial charge in [0.05, 0.1) is 5.69 Å². The van der Waals surface area contributed by atoms with E-state index in [9.17, 15) is 22.8 Å². The summed E-state index contributed by atoms with van der Waals surface area (Å²) >= 11 is 0. The van der Waals surface area contributed by atoms with Crippen molar-refractivity contribution in [2.75, 3.05) is 12.8 Å². The maximum absolute atomic E-state index is 12.6. The van der Waals surface area contributed by atoms with Gasteiger partial charge in [-0.15, -0.1) is 0 Å². The largest absolute Gasteiger partial charge is 0.431 e. The molecule has 1 rings (SSSR count). The fourth-order valence-electron chi connectivity index (χ4n) is 1.22. The van der Waals surface area contributed by atoms with Crippen LogP contribution in [0.2, 0.25) is 0 Å². The van der Waals surface area contributed by atoms with Crippen LogP contribution in [0.3, 0.4) is 0 Å². The van der Waals surface area contributed by atoms with Crippen LogP contribution in [0, 0.1) is 0 Å². The SMILES string of the molecule is CNC(=O)Cn1c(C(F)(F)F)ccc(N)c1=O. The zero-order valence-electron chi connectivity index (χ0n) is 8.84. The molecule has 0 radical (unpaired) electrons. The minimum Gasteiger partial charge on any atom is -0.394 e. The van der Waals surface area contributed by atoms with E-state index in [1.807, 2.05) is 0 Å². The molecule has 5 nitrogen and oxygen atoms in total. The van der Waals surface area contributed by atoms with Crippen molar-refractivity contribution in [2.24, 2.45) is 0 Å². The normalized spacial score (nSPS) is 11.3. The number of anilines is 1. The lowest BCUT2D eigenvalue weighted by molar-refractivity contribution is -0.144. The zero-order valence-corrected chi connectivity index (χ0v) is 8.84. The van der Waals surface area contributed by atoms with E-state index in [-0.39, 0.29) is 5.69 Å². The molecule has 94 valence electrons. The van der Waals surface area contributed by atoms with Gasteiger partial charge in [0.25, 0.3) is 5.56 Å². The summed E-state index contributed by atoms with van der Waals surface area (Å²) in [5.74, 6) is -0.719. The molecule has 17 heavy (non-hydrogen) atoms. The smallest absolute Gasteiger partial charge is 0.394 e. The monoisotopic (exact) mass is 249 g/mol. The van der Waals surface area contributed by atoms with Crippen molar-refractivity contribution in [1.82, 2.24) is 9.88 Å². The Kier molecular flexibility index (Phi) is 3.45. The first-order chi connectivity index (χ1) is 7.77. The predicted octanol–water partition coefficient (Wildman–Crippen LogP) is 0.195. The molecule has 0 aliphatic heterocycles. The summed E-state index contributed by atoms with van der Waals surface area (Å²) in [6.07, 6.45) is -4.72. The number of rotatable bonds is 2. The zero-order chi connectivity index (χ0) is 13.2. The molecule has 1 heterocycles.